The Kier molecular flexibility index (Phi) is 24.9. The minimum atomic E-state index is -5.54. The SMILES string of the molecule is Nc1c(S(=O)(=O)[O-])cc(S(=O)(=O)[O-])c2ccc(N=Nc3ccc4c([O-])c(N=Nc5cc(S(=O)(=O)CCOS(=O)(=O)[O-])ccc5[O-])c(S(=O)(=O)[O-])cc4c3)c(O)c12.[Cu+2].[K+].[K+].[K+].[K+]. The van der Waals surface area contributed by atoms with Gasteiger partial charge in [-0.15, -0.1) is 10.2 Å². The maximum absolute atomic E-state index is 13.4. The number of aromatic hydroxyl groups is 1. The first-order chi connectivity index (χ1) is 25.7. The zero-order valence-electron chi connectivity index (χ0n) is 31.3. The summed E-state index contributed by atoms with van der Waals surface area (Å²) in [6.45, 7) is -1.08. The fourth-order valence-corrected chi connectivity index (χ4v) is 8.52. The molecule has 0 aromatic heterocycles. The van der Waals surface area contributed by atoms with Crippen molar-refractivity contribution in [2.75, 3.05) is 18.1 Å². The Hall–Kier alpha value is 1.63. The molecule has 0 saturated heterocycles. The zero-order valence-corrected chi connectivity index (χ0v) is 48.8. The van der Waals surface area contributed by atoms with Crippen LogP contribution in [0.3, 0.4) is 0 Å². The molecule has 5 aromatic rings. The predicted octanol–water partition coefficient (Wildman–Crippen LogP) is -10.8. The van der Waals surface area contributed by atoms with E-state index in [1.54, 1.807) is 0 Å². The van der Waals surface area contributed by atoms with Crippen LogP contribution >= 0.6 is 0 Å². The molecule has 0 aliphatic rings. The number of phenols is 1. The van der Waals surface area contributed by atoms with Gasteiger partial charge in [-0.25, -0.2) is 42.1 Å². The Morgan fingerprint density at radius 3 is 1.74 bits per heavy atom. The molecule has 5 rings (SSSR count). The number of anilines is 1. The van der Waals surface area contributed by atoms with Gasteiger partial charge in [0.2, 0.25) is 10.4 Å². The van der Waals surface area contributed by atoms with E-state index >= 15 is 0 Å². The molecule has 23 nitrogen and oxygen atoms in total. The van der Waals surface area contributed by atoms with Crippen LogP contribution in [0.4, 0.5) is 28.4 Å². The fraction of sp³-hybridized carbons (Fsp3) is 0.0714. The molecule has 0 unspecified atom stereocenters. The molecule has 307 valence electrons. The van der Waals surface area contributed by atoms with Crippen LogP contribution in [0.5, 0.6) is 17.2 Å². The van der Waals surface area contributed by atoms with Crippen LogP contribution in [0.2, 0.25) is 0 Å². The first-order valence-electron chi connectivity index (χ1n) is 14.4. The van der Waals surface area contributed by atoms with Gasteiger partial charge in [0.1, 0.15) is 36.0 Å². The average Bonchev–Trinajstić information content (AvgIpc) is 3.05. The van der Waals surface area contributed by atoms with Crippen LogP contribution in [0.1, 0.15) is 0 Å². The van der Waals surface area contributed by atoms with Crippen molar-refractivity contribution >= 4 is 101 Å². The van der Waals surface area contributed by atoms with Gasteiger partial charge >= 0.3 is 223 Å². The zero-order chi connectivity index (χ0) is 41.8. The molecule has 0 aliphatic carbocycles. The molecule has 0 saturated carbocycles. The van der Waals surface area contributed by atoms with E-state index in [1.807, 2.05) is 0 Å². The summed E-state index contributed by atoms with van der Waals surface area (Å²) in [5.74, 6) is -4.28. The number of nitrogens with zero attached hydrogens (tertiary/aromatic N) is 4. The van der Waals surface area contributed by atoms with Gasteiger partial charge in [-0.1, -0.05) is 29.7 Å². The number of azo groups is 2. The van der Waals surface area contributed by atoms with Crippen molar-refractivity contribution in [1.29, 1.82) is 0 Å². The second-order valence-electron chi connectivity index (χ2n) is 11.0. The number of nitrogen functional groups attached to an aromatic ring is 1. The summed E-state index contributed by atoms with van der Waals surface area (Å²) >= 11 is 0. The van der Waals surface area contributed by atoms with Gasteiger partial charge < -0.3 is 39.3 Å². The summed E-state index contributed by atoms with van der Waals surface area (Å²) in [6.07, 6.45) is 0. The van der Waals surface area contributed by atoms with E-state index in [2.05, 4.69) is 24.6 Å². The van der Waals surface area contributed by atoms with Crippen molar-refractivity contribution in [2.45, 2.75) is 19.6 Å². The largest absolute Gasteiger partial charge is 2.00 e. The number of hydrogen-bond donors (Lipinski definition) is 2. The molecule has 3 N–H and O–H groups in total. The Bertz CT molecular complexity index is 3150. The first kappa shape index (κ1) is 62.6. The third-order valence-electron chi connectivity index (χ3n) is 7.44. The minimum absolute atomic E-state index is 0. The number of fused-ring (bicyclic) bond motifs is 2. The molecule has 0 aliphatic heterocycles. The van der Waals surface area contributed by atoms with E-state index in [1.165, 1.54) is 0 Å². The van der Waals surface area contributed by atoms with Gasteiger partial charge in [0.15, 0.2) is 15.6 Å². The Balaban J connectivity index is 0.00000720. The number of nitrogens with two attached hydrogens (primary N) is 1. The van der Waals surface area contributed by atoms with Gasteiger partial charge in [0.05, 0.1) is 60.1 Å². The van der Waals surface area contributed by atoms with Crippen molar-refractivity contribution in [3.05, 3.63) is 60.7 Å². The number of rotatable bonds is 12. The molecule has 33 heteroatoms. The average molecular weight is 1090 g/mol. The fourth-order valence-electron chi connectivity index (χ4n) is 4.97. The monoisotopic (exact) mass is 1090 g/mol. The second kappa shape index (κ2) is 24.3. The molecule has 0 bridgehead atoms. The van der Waals surface area contributed by atoms with Crippen molar-refractivity contribution in [1.82, 2.24) is 0 Å². The van der Waals surface area contributed by atoms with Crippen molar-refractivity contribution < 1.29 is 302 Å². The standard InChI is InChI=1S/C28H23N5O18S5.Cu.4K/c29-25-22(54(42,43)44)12-21(53(39,40)41)17-4-5-18(28(36)24(17)25)31-30-14-1-3-16-13(9-14)10-23(55(45,46)47)26(27(16)35)33-32-19-11-15(2-6-20(19)34)52(37,38)8-7-51-56(48,49)50;;;;;/h1-6,9-12,34-36H,7-8,29H2,(H,39,40,41)(H,42,43,44)(H,45,46,47)(H,48,49,50);;;;;/q;+2;4*+1/p-6. The van der Waals surface area contributed by atoms with Crippen LogP contribution < -0.4 is 221 Å². The molecule has 0 atom stereocenters. The molecule has 0 amide bonds. The molecule has 0 heterocycles. The Morgan fingerprint density at radius 1 is 0.623 bits per heavy atom. The quantitative estimate of drug-likeness (QED) is 0.0385. The maximum atomic E-state index is 13.4. The third-order valence-corrected chi connectivity index (χ3v) is 12.2. The topological polar surface area (TPSA) is 414 Å². The molecular formula is C28H17CuK4N5O18S5. The summed E-state index contributed by atoms with van der Waals surface area (Å²) in [5, 5.41) is 49.2. The van der Waals surface area contributed by atoms with Crippen molar-refractivity contribution in [3.8, 4) is 17.2 Å². The third kappa shape index (κ3) is 15.6. The molecule has 61 heavy (non-hydrogen) atoms. The Morgan fingerprint density at radius 2 is 1.18 bits per heavy atom. The van der Waals surface area contributed by atoms with E-state index in [0.717, 1.165) is 36.4 Å². The van der Waals surface area contributed by atoms with E-state index in [4.69, 9.17) is 5.73 Å². The molecular weight excluding hydrogens is 1070 g/mol. The number of benzene rings is 5. The molecule has 1 radical (unpaired) electrons. The van der Waals surface area contributed by atoms with Crippen LogP contribution in [-0.4, -0.2) is 77.8 Å². The van der Waals surface area contributed by atoms with Gasteiger partial charge in [0.25, 0.3) is 0 Å². The summed E-state index contributed by atoms with van der Waals surface area (Å²) in [6, 6.07) is 8.09. The van der Waals surface area contributed by atoms with Crippen molar-refractivity contribution in [2.24, 2.45) is 20.5 Å². The van der Waals surface area contributed by atoms with E-state index < -0.39 is 133 Å². The molecule has 0 spiro atoms. The summed E-state index contributed by atoms with van der Waals surface area (Å²) in [4.78, 5) is -4.42. The number of phenolic OH excluding ortho intramolecular Hbond substituents is 1. The Labute approximate surface area is 527 Å². The smallest absolute Gasteiger partial charge is 0.871 e. The van der Waals surface area contributed by atoms with Crippen LogP contribution in [0.15, 0.2) is 101 Å². The van der Waals surface area contributed by atoms with Gasteiger partial charge in [-0.3, -0.25) is 4.18 Å². The van der Waals surface area contributed by atoms with Gasteiger partial charge in [0, 0.05) is 5.39 Å². The van der Waals surface area contributed by atoms with Gasteiger partial charge in [-0.05, 0) is 53.2 Å². The number of hydrogen-bond acceptors (Lipinski definition) is 23. The van der Waals surface area contributed by atoms with Crippen LogP contribution in [0, 0.1) is 0 Å². The molecule has 0 fully saturated rings. The second-order valence-corrected chi connectivity index (χ2v) is 18.2. The molecule has 5 aromatic carbocycles. The van der Waals surface area contributed by atoms with E-state index in [-0.39, 0.29) is 245 Å². The normalized spacial score (nSPS) is 12.3. The minimum Gasteiger partial charge on any atom is -0.871 e. The first-order valence-corrected chi connectivity index (χ1v) is 21.6. The van der Waals surface area contributed by atoms with Crippen molar-refractivity contribution in [3.63, 3.8) is 0 Å². The van der Waals surface area contributed by atoms with Crippen LogP contribution in [-0.2, 0) is 71.8 Å². The van der Waals surface area contributed by atoms with E-state index in [0.29, 0.717) is 18.2 Å². The summed E-state index contributed by atoms with van der Waals surface area (Å²) < 4.78 is 168. The maximum Gasteiger partial charge on any atom is 2.00 e. The predicted molar refractivity (Wildman–Crippen MR) is 179 cm³/mol. The van der Waals surface area contributed by atoms with E-state index in [9.17, 15) is 75.6 Å². The summed E-state index contributed by atoms with van der Waals surface area (Å²) in [5.41, 5.74) is 2.24. The van der Waals surface area contributed by atoms with Gasteiger partial charge in [-0.2, -0.15) is 10.2 Å². The summed E-state index contributed by atoms with van der Waals surface area (Å²) in [7, 11) is -26.1. The van der Waals surface area contributed by atoms with Crippen LogP contribution in [0.25, 0.3) is 21.5 Å². The number of sulfone groups is 1.